The smallest absolute Gasteiger partial charge is 0.255 e. The van der Waals surface area contributed by atoms with Gasteiger partial charge < -0.3 is 10.3 Å². The maximum absolute atomic E-state index is 14.9. The van der Waals surface area contributed by atoms with Crippen LogP contribution in [0.2, 0.25) is 0 Å². The van der Waals surface area contributed by atoms with Crippen LogP contribution < -0.4 is 10.7 Å². The standard InChI is InChI=1S/C24H21FN2O3S/c1-24(2,17-9-5-7-11-21(17)31(3)30)27-23(29)15-13-20-16(12-18(15)25)22(28)14-8-4-6-10-19(14)26-20/h4-13H,1-3H3,(H,26,28)(H,27,29). The van der Waals surface area contributed by atoms with Crippen molar-refractivity contribution in [1.29, 1.82) is 0 Å². The molecule has 1 heterocycles. The molecule has 31 heavy (non-hydrogen) atoms. The van der Waals surface area contributed by atoms with Gasteiger partial charge in [0, 0.05) is 27.4 Å². The van der Waals surface area contributed by atoms with Crippen LogP contribution in [0.3, 0.4) is 0 Å². The van der Waals surface area contributed by atoms with E-state index in [0.29, 0.717) is 26.9 Å². The average Bonchev–Trinajstić information content (AvgIpc) is 2.74. The number of fused-ring (bicyclic) bond motifs is 2. The topological polar surface area (TPSA) is 79.0 Å². The van der Waals surface area contributed by atoms with Crippen LogP contribution in [-0.4, -0.2) is 21.4 Å². The Morgan fingerprint density at radius 3 is 2.42 bits per heavy atom. The number of nitrogens with one attached hydrogen (secondary N) is 2. The first kappa shape index (κ1) is 20.9. The lowest BCUT2D eigenvalue weighted by atomic mass is 9.93. The number of carbonyl (C=O) groups excluding carboxylic acids is 1. The van der Waals surface area contributed by atoms with Gasteiger partial charge in [-0.15, -0.1) is 0 Å². The summed E-state index contributed by atoms with van der Waals surface area (Å²) in [6.45, 7) is 3.54. The van der Waals surface area contributed by atoms with Crippen LogP contribution in [0.1, 0.15) is 29.8 Å². The molecular weight excluding hydrogens is 415 g/mol. The Balaban J connectivity index is 1.77. The maximum Gasteiger partial charge on any atom is 0.255 e. The predicted molar refractivity (Wildman–Crippen MR) is 121 cm³/mol. The van der Waals surface area contributed by atoms with E-state index in [9.17, 15) is 18.2 Å². The van der Waals surface area contributed by atoms with Crippen LogP contribution in [0.5, 0.6) is 0 Å². The summed E-state index contributed by atoms with van der Waals surface area (Å²) in [5, 5.41) is 3.47. The second-order valence-electron chi connectivity index (χ2n) is 7.91. The molecule has 158 valence electrons. The highest BCUT2D eigenvalue weighted by Gasteiger charge is 2.28. The van der Waals surface area contributed by atoms with Crippen LogP contribution in [0, 0.1) is 5.82 Å². The number of halogens is 1. The minimum Gasteiger partial charge on any atom is -0.354 e. The van der Waals surface area contributed by atoms with Crippen LogP contribution in [0.25, 0.3) is 21.8 Å². The van der Waals surface area contributed by atoms with Gasteiger partial charge in [0.25, 0.3) is 5.91 Å². The van der Waals surface area contributed by atoms with E-state index in [2.05, 4.69) is 10.3 Å². The Morgan fingerprint density at radius 2 is 1.68 bits per heavy atom. The molecule has 0 aliphatic heterocycles. The molecule has 0 radical (unpaired) electrons. The number of aromatic nitrogens is 1. The Kier molecular flexibility index (Phi) is 5.23. The SMILES string of the molecule is CS(=O)c1ccccc1C(C)(C)NC(=O)c1cc2[nH]c3ccccc3c(=O)c2cc1F. The van der Waals surface area contributed by atoms with Crippen molar-refractivity contribution >= 4 is 38.5 Å². The number of hydrogen-bond donors (Lipinski definition) is 2. The molecule has 0 aliphatic carbocycles. The molecule has 2 N–H and O–H groups in total. The quantitative estimate of drug-likeness (QED) is 0.470. The van der Waals surface area contributed by atoms with E-state index >= 15 is 0 Å². The molecule has 0 bridgehead atoms. The molecule has 1 unspecified atom stereocenters. The van der Waals surface area contributed by atoms with Crippen LogP contribution >= 0.6 is 0 Å². The van der Waals surface area contributed by atoms with Gasteiger partial charge in [0.15, 0.2) is 5.43 Å². The molecule has 1 atom stereocenters. The minimum absolute atomic E-state index is 0.179. The van der Waals surface area contributed by atoms with Gasteiger partial charge in [-0.05, 0) is 49.7 Å². The highest BCUT2D eigenvalue weighted by molar-refractivity contribution is 7.84. The lowest BCUT2D eigenvalue weighted by Crippen LogP contribution is -2.42. The molecule has 4 rings (SSSR count). The lowest BCUT2D eigenvalue weighted by molar-refractivity contribution is 0.0907. The largest absolute Gasteiger partial charge is 0.354 e. The summed E-state index contributed by atoms with van der Waals surface area (Å²) in [5.41, 5.74) is 0.291. The first-order valence-electron chi connectivity index (χ1n) is 9.69. The minimum atomic E-state index is -1.25. The fourth-order valence-electron chi connectivity index (χ4n) is 3.77. The Hall–Kier alpha value is -3.32. The molecule has 0 fully saturated rings. The van der Waals surface area contributed by atoms with Crippen molar-refractivity contribution in [2.45, 2.75) is 24.3 Å². The summed E-state index contributed by atoms with van der Waals surface area (Å²) in [6.07, 6.45) is 1.57. The summed E-state index contributed by atoms with van der Waals surface area (Å²) >= 11 is 0. The molecule has 0 aliphatic rings. The molecule has 0 saturated heterocycles. The number of para-hydroxylation sites is 1. The second kappa shape index (κ2) is 7.74. The summed E-state index contributed by atoms with van der Waals surface area (Å²) < 4.78 is 27.0. The number of H-pyrrole nitrogens is 1. The zero-order valence-corrected chi connectivity index (χ0v) is 18.1. The fourth-order valence-corrected chi connectivity index (χ4v) is 4.67. The number of rotatable bonds is 4. The lowest BCUT2D eigenvalue weighted by Gasteiger charge is -2.29. The molecular formula is C24H21FN2O3S. The van der Waals surface area contributed by atoms with Crippen molar-refractivity contribution < 1.29 is 13.4 Å². The van der Waals surface area contributed by atoms with Crippen LogP contribution in [-0.2, 0) is 16.3 Å². The van der Waals surface area contributed by atoms with E-state index in [0.717, 1.165) is 6.07 Å². The van der Waals surface area contributed by atoms with Crippen molar-refractivity contribution in [3.05, 3.63) is 87.8 Å². The van der Waals surface area contributed by atoms with Crippen LogP contribution in [0.15, 0.2) is 70.4 Å². The second-order valence-corrected chi connectivity index (χ2v) is 9.25. The van der Waals surface area contributed by atoms with Gasteiger partial charge in [-0.25, -0.2) is 4.39 Å². The number of hydrogen-bond acceptors (Lipinski definition) is 3. The van der Waals surface area contributed by atoms with Gasteiger partial charge in [-0.2, -0.15) is 0 Å². The van der Waals surface area contributed by atoms with Gasteiger partial charge in [0.1, 0.15) is 5.82 Å². The number of pyridine rings is 1. The third-order valence-electron chi connectivity index (χ3n) is 5.33. The zero-order valence-electron chi connectivity index (χ0n) is 17.3. The Bertz CT molecular complexity index is 1430. The van der Waals surface area contributed by atoms with Gasteiger partial charge in [-0.3, -0.25) is 13.8 Å². The molecule has 1 amide bonds. The Labute approximate surface area is 180 Å². The van der Waals surface area contributed by atoms with Crippen LogP contribution in [0.4, 0.5) is 4.39 Å². The van der Waals surface area contributed by atoms with Gasteiger partial charge in [-0.1, -0.05) is 30.3 Å². The molecule has 1 aromatic heterocycles. The fraction of sp³-hybridized carbons (Fsp3) is 0.167. The summed E-state index contributed by atoms with van der Waals surface area (Å²) in [7, 11) is -1.25. The molecule has 0 spiro atoms. The highest BCUT2D eigenvalue weighted by atomic mass is 32.2. The van der Waals surface area contributed by atoms with Crippen molar-refractivity contribution in [2.75, 3.05) is 6.26 Å². The van der Waals surface area contributed by atoms with Crippen molar-refractivity contribution in [2.24, 2.45) is 0 Å². The Morgan fingerprint density at radius 1 is 1.00 bits per heavy atom. The van der Waals surface area contributed by atoms with Gasteiger partial charge >= 0.3 is 0 Å². The van der Waals surface area contributed by atoms with Crippen molar-refractivity contribution in [3.8, 4) is 0 Å². The summed E-state index contributed by atoms with van der Waals surface area (Å²) in [5.74, 6) is -1.41. The first-order valence-corrected chi connectivity index (χ1v) is 11.2. The predicted octanol–water partition coefficient (Wildman–Crippen LogP) is 4.22. The van der Waals surface area contributed by atoms with E-state index in [-0.39, 0.29) is 16.4 Å². The third-order valence-corrected chi connectivity index (χ3v) is 6.31. The highest BCUT2D eigenvalue weighted by Crippen LogP contribution is 2.27. The van der Waals surface area contributed by atoms with E-state index in [1.807, 2.05) is 0 Å². The van der Waals surface area contributed by atoms with Gasteiger partial charge in [0.2, 0.25) is 0 Å². The zero-order chi connectivity index (χ0) is 22.3. The van der Waals surface area contributed by atoms with E-state index in [1.54, 1.807) is 68.6 Å². The number of benzene rings is 3. The van der Waals surface area contributed by atoms with E-state index in [1.165, 1.54) is 6.07 Å². The maximum atomic E-state index is 14.9. The molecule has 3 aromatic carbocycles. The van der Waals surface area contributed by atoms with Gasteiger partial charge in [0.05, 0.1) is 27.4 Å². The summed E-state index contributed by atoms with van der Waals surface area (Å²) in [4.78, 5) is 29.4. The molecule has 4 aromatic rings. The number of aromatic amines is 1. The first-order chi connectivity index (χ1) is 14.7. The monoisotopic (exact) mass is 436 g/mol. The number of amides is 1. The van der Waals surface area contributed by atoms with Crippen molar-refractivity contribution in [1.82, 2.24) is 10.3 Å². The normalized spacial score (nSPS) is 12.8. The number of carbonyl (C=O) groups is 1. The summed E-state index contributed by atoms with van der Waals surface area (Å²) in [6, 6.07) is 16.5. The average molecular weight is 437 g/mol. The molecule has 0 saturated carbocycles. The van der Waals surface area contributed by atoms with E-state index in [4.69, 9.17) is 0 Å². The molecule has 7 heteroatoms. The molecule has 5 nitrogen and oxygen atoms in total. The van der Waals surface area contributed by atoms with E-state index < -0.39 is 28.1 Å². The third kappa shape index (κ3) is 3.77. The van der Waals surface area contributed by atoms with Crippen molar-refractivity contribution in [3.63, 3.8) is 0 Å².